The van der Waals surface area contributed by atoms with Gasteiger partial charge in [0.25, 0.3) is 6.47 Å². The van der Waals surface area contributed by atoms with E-state index in [1.165, 1.54) is 5.56 Å². The van der Waals surface area contributed by atoms with Crippen LogP contribution in [0.25, 0.3) is 0 Å². The Morgan fingerprint density at radius 1 is 0.962 bits per heavy atom. The molecule has 0 fully saturated rings. The first-order valence-electron chi connectivity index (χ1n) is 7.39. The van der Waals surface area contributed by atoms with Gasteiger partial charge in [-0.1, -0.05) is 18.2 Å². The van der Waals surface area contributed by atoms with Crippen LogP contribution in [0.4, 0.5) is 5.69 Å². The van der Waals surface area contributed by atoms with E-state index in [1.807, 2.05) is 38.1 Å². The summed E-state index contributed by atoms with van der Waals surface area (Å²) in [6.07, 6.45) is 0. The van der Waals surface area contributed by atoms with Crippen LogP contribution in [0, 0.1) is 20.8 Å². The molecule has 0 aliphatic rings. The van der Waals surface area contributed by atoms with Crippen molar-refractivity contribution in [1.82, 2.24) is 0 Å². The van der Waals surface area contributed by atoms with Crippen molar-refractivity contribution in [1.29, 1.82) is 0 Å². The zero-order valence-electron chi connectivity index (χ0n) is 17.1. The number of benzene rings is 2. The van der Waals surface area contributed by atoms with Gasteiger partial charge in [0.15, 0.2) is 0 Å². The van der Waals surface area contributed by atoms with Gasteiger partial charge in [-0.25, -0.2) is 0 Å². The molecule has 0 aliphatic heterocycles. The average Bonchev–Trinajstić information content (AvgIpc) is 2.57. The number of ether oxygens (including phenoxy) is 2. The molecular formula is C18H23NNa2O5. The van der Waals surface area contributed by atoms with Gasteiger partial charge in [0.05, 0.1) is 0 Å². The van der Waals surface area contributed by atoms with Crippen LogP contribution >= 0.6 is 0 Å². The normalized spacial score (nSPS) is 8.77. The first-order valence-corrected chi connectivity index (χ1v) is 7.39. The molecule has 0 spiro atoms. The van der Waals surface area contributed by atoms with E-state index in [2.05, 4.69) is 23.9 Å². The molecule has 0 bridgehead atoms. The number of carbonyl (C=O) groups excluding carboxylic acids is 1. The molecule has 6 nitrogen and oxygen atoms in total. The van der Waals surface area contributed by atoms with Crippen LogP contribution in [0.15, 0.2) is 36.4 Å². The van der Waals surface area contributed by atoms with Gasteiger partial charge < -0.3 is 26.8 Å². The maximum atomic E-state index is 8.64. The van der Waals surface area contributed by atoms with E-state index in [1.54, 1.807) is 0 Å². The van der Waals surface area contributed by atoms with Crippen molar-refractivity contribution in [3.8, 4) is 11.5 Å². The van der Waals surface area contributed by atoms with E-state index in [0.29, 0.717) is 18.9 Å². The average molecular weight is 379 g/mol. The van der Waals surface area contributed by atoms with Gasteiger partial charge in [0.1, 0.15) is 24.7 Å². The van der Waals surface area contributed by atoms with E-state index < -0.39 is 0 Å². The fraction of sp³-hybridized carbons (Fsp3) is 0.278. The van der Waals surface area contributed by atoms with Crippen molar-refractivity contribution in [2.24, 2.45) is 0 Å². The van der Waals surface area contributed by atoms with Gasteiger partial charge in [-0.3, -0.25) is 4.79 Å². The smallest absolute Gasteiger partial charge is 1.00 e. The topological polar surface area (TPSA) is 93.8 Å². The Kier molecular flexibility index (Phi) is 16.2. The minimum absolute atomic E-state index is 0. The molecule has 2 aromatic rings. The molecule has 0 aromatic heterocycles. The predicted molar refractivity (Wildman–Crippen MR) is 90.8 cm³/mol. The third-order valence-corrected chi connectivity index (χ3v) is 3.19. The Bertz CT molecular complexity index is 621. The minimum atomic E-state index is -0.181. The second-order valence-electron chi connectivity index (χ2n) is 5.18. The molecule has 0 heterocycles. The summed E-state index contributed by atoms with van der Waals surface area (Å²) in [5, 5.41) is 8.43. The van der Waals surface area contributed by atoms with Crippen LogP contribution in [0.1, 0.15) is 18.1 Å². The second-order valence-corrected chi connectivity index (χ2v) is 5.18. The maximum Gasteiger partial charge on any atom is 1.00 e. The van der Waals surface area contributed by atoms with Gasteiger partial charge >= 0.3 is 59.1 Å². The fourth-order valence-corrected chi connectivity index (χ4v) is 1.94. The van der Waals surface area contributed by atoms with Crippen molar-refractivity contribution < 1.29 is 85.0 Å². The molecule has 0 amide bonds. The second kappa shape index (κ2) is 15.3. The van der Waals surface area contributed by atoms with Crippen molar-refractivity contribution in [3.63, 3.8) is 0 Å². The number of nitrogen functional groups attached to an aromatic ring is 1. The Labute approximate surface area is 200 Å². The van der Waals surface area contributed by atoms with Gasteiger partial charge in [0.2, 0.25) is 0 Å². The van der Waals surface area contributed by atoms with E-state index in [-0.39, 0.29) is 67.0 Å². The zero-order valence-corrected chi connectivity index (χ0v) is 20.1. The number of carbonyl (C=O) groups is 1. The van der Waals surface area contributed by atoms with E-state index in [9.17, 15) is 0 Å². The number of anilines is 1. The van der Waals surface area contributed by atoms with Crippen LogP contribution < -0.4 is 79.6 Å². The molecular weight excluding hydrogens is 356 g/mol. The summed E-state index contributed by atoms with van der Waals surface area (Å²) >= 11 is 0. The molecule has 2 aromatic carbocycles. The SMILES string of the molecule is Cc1ccc(C)c(OCCOc2cc(N)ccc2C)c1.O=CO[O-].[H-].[Na+].[Na+]. The molecule has 0 aliphatic carbocycles. The summed E-state index contributed by atoms with van der Waals surface area (Å²) in [4.78, 5) is 11.2. The quantitative estimate of drug-likeness (QED) is 0.138. The van der Waals surface area contributed by atoms with Crippen molar-refractivity contribution in [3.05, 3.63) is 53.1 Å². The van der Waals surface area contributed by atoms with Crippen molar-refractivity contribution in [2.75, 3.05) is 18.9 Å². The summed E-state index contributed by atoms with van der Waals surface area (Å²) in [6.45, 7) is 6.92. The van der Waals surface area contributed by atoms with Gasteiger partial charge in [-0.2, -0.15) is 0 Å². The van der Waals surface area contributed by atoms with Crippen LogP contribution in [0.3, 0.4) is 0 Å². The summed E-state index contributed by atoms with van der Waals surface area (Å²) < 4.78 is 11.5. The largest absolute Gasteiger partial charge is 1.00 e. The number of hydrogen-bond acceptors (Lipinski definition) is 6. The molecule has 26 heavy (non-hydrogen) atoms. The summed E-state index contributed by atoms with van der Waals surface area (Å²) in [5.41, 5.74) is 9.86. The third-order valence-electron chi connectivity index (χ3n) is 3.19. The number of nitrogens with two attached hydrogens (primary N) is 1. The minimum Gasteiger partial charge on any atom is -1.00 e. The molecule has 8 heteroatoms. The molecule has 0 atom stereocenters. The number of rotatable bonds is 6. The van der Waals surface area contributed by atoms with Gasteiger partial charge in [-0.05, 0) is 49.6 Å². The van der Waals surface area contributed by atoms with E-state index >= 15 is 0 Å². The molecule has 0 saturated heterocycles. The Morgan fingerprint density at radius 2 is 1.42 bits per heavy atom. The first kappa shape index (κ1) is 27.5. The Hall–Kier alpha value is -0.730. The molecule has 0 saturated carbocycles. The van der Waals surface area contributed by atoms with Crippen LogP contribution in [-0.2, 0) is 9.68 Å². The van der Waals surface area contributed by atoms with Crippen LogP contribution in [0.2, 0.25) is 0 Å². The molecule has 0 unspecified atom stereocenters. The Balaban J connectivity index is -0.000000751. The molecule has 2 N–H and O–H groups in total. The monoisotopic (exact) mass is 379 g/mol. The summed E-state index contributed by atoms with van der Waals surface area (Å²) in [7, 11) is 0. The van der Waals surface area contributed by atoms with E-state index in [0.717, 1.165) is 22.6 Å². The molecule has 0 radical (unpaired) electrons. The summed E-state index contributed by atoms with van der Waals surface area (Å²) in [5.74, 6) is 1.73. The fourth-order valence-electron chi connectivity index (χ4n) is 1.94. The van der Waals surface area contributed by atoms with Crippen LogP contribution in [-0.4, -0.2) is 19.7 Å². The molecule has 2 rings (SSSR count). The predicted octanol–water partition coefficient (Wildman–Crippen LogP) is -3.79. The first-order chi connectivity index (χ1) is 11.5. The van der Waals surface area contributed by atoms with Crippen molar-refractivity contribution >= 4 is 12.2 Å². The standard InChI is InChI=1S/C17H21NO2.CH2O3.2Na.H/c1-12-4-5-13(2)16(10-12)19-8-9-20-17-11-15(18)7-6-14(17)3;2-1-4-3;;;/h4-7,10-11H,8-9,18H2,1-3H3;1,3H;;;/q;;2*+1;-1/p-1. The zero-order chi connectivity index (χ0) is 17.9. The Morgan fingerprint density at radius 3 is 1.92 bits per heavy atom. The summed E-state index contributed by atoms with van der Waals surface area (Å²) in [6, 6.07) is 11.8. The third kappa shape index (κ3) is 10.4. The molecule has 132 valence electrons. The van der Waals surface area contributed by atoms with Crippen LogP contribution in [0.5, 0.6) is 11.5 Å². The van der Waals surface area contributed by atoms with Crippen molar-refractivity contribution in [2.45, 2.75) is 20.8 Å². The number of aryl methyl sites for hydroxylation is 3. The van der Waals surface area contributed by atoms with Gasteiger partial charge in [0, 0.05) is 11.8 Å². The van der Waals surface area contributed by atoms with Gasteiger partial charge in [-0.15, -0.1) is 0 Å². The number of hydrogen-bond donors (Lipinski definition) is 1. The van der Waals surface area contributed by atoms with E-state index in [4.69, 9.17) is 25.3 Å². The maximum absolute atomic E-state index is 8.64.